The Balaban J connectivity index is 0.00000401. The molecule has 6 heteroatoms. The molecule has 0 atom stereocenters. The van der Waals surface area contributed by atoms with E-state index < -0.39 is 0 Å². The second kappa shape index (κ2) is 12.4. The Labute approximate surface area is 295 Å². The van der Waals surface area contributed by atoms with Crippen LogP contribution in [0, 0.1) is 0 Å². The van der Waals surface area contributed by atoms with Crippen molar-refractivity contribution in [3.63, 3.8) is 0 Å². The van der Waals surface area contributed by atoms with Crippen LogP contribution in [-0.2, 0) is 31.9 Å². The molecule has 3 aromatic heterocycles. The summed E-state index contributed by atoms with van der Waals surface area (Å²) in [6.45, 7) is 13.0. The molecule has 7 rings (SSSR count). The van der Waals surface area contributed by atoms with Crippen molar-refractivity contribution < 1.29 is 35.7 Å². The standard InChI is InChI=1S/C42H38N2O3.Pt/c1-41(2,3)27-21-32(31-14-10-11-15-36(31)45)43-33(22-27)34-23-28(42(4,5)6)24-35(44-34)39-37(46)19-18-30-29-17-16-26(20-38(29)47-40(30)39)25-12-8-7-9-13-25;/h7-24,45-46H,1-6H3;. The maximum atomic E-state index is 11.4. The van der Waals surface area contributed by atoms with Gasteiger partial charge in [0.25, 0.3) is 0 Å². The number of pyridine rings is 2. The normalized spacial score (nSPS) is 12.0. The molecule has 0 unspecified atom stereocenters. The Kier molecular flexibility index (Phi) is 8.55. The molecule has 0 aliphatic carbocycles. The second-order valence-corrected chi connectivity index (χ2v) is 14.3. The number of rotatable bonds is 4. The molecule has 0 aliphatic heterocycles. The van der Waals surface area contributed by atoms with E-state index in [1.54, 1.807) is 12.1 Å². The average Bonchev–Trinajstić information content (AvgIpc) is 3.41. The molecular formula is C42H38N2O3Pt. The molecule has 7 aromatic rings. The van der Waals surface area contributed by atoms with Crippen LogP contribution in [0.25, 0.3) is 67.0 Å². The Morgan fingerprint density at radius 3 is 1.73 bits per heavy atom. The van der Waals surface area contributed by atoms with E-state index >= 15 is 0 Å². The van der Waals surface area contributed by atoms with Crippen LogP contribution >= 0.6 is 0 Å². The molecule has 4 aromatic carbocycles. The molecule has 2 N–H and O–H groups in total. The summed E-state index contributed by atoms with van der Waals surface area (Å²) in [5.74, 6) is 0.265. The van der Waals surface area contributed by atoms with E-state index in [0.717, 1.165) is 38.6 Å². The third-order valence-corrected chi connectivity index (χ3v) is 8.81. The third kappa shape index (κ3) is 6.16. The van der Waals surface area contributed by atoms with Gasteiger partial charge in [0.15, 0.2) is 0 Å². The summed E-state index contributed by atoms with van der Waals surface area (Å²) in [6, 6.07) is 35.6. The predicted octanol–water partition coefficient (Wildman–Crippen LogP) is 11.0. The third-order valence-electron chi connectivity index (χ3n) is 8.81. The van der Waals surface area contributed by atoms with Gasteiger partial charge in [-0.3, -0.25) is 0 Å². The number of hydrogen-bond donors (Lipinski definition) is 2. The smallest absolute Gasteiger partial charge is 0.148 e. The zero-order chi connectivity index (χ0) is 33.1. The molecule has 0 saturated heterocycles. The summed E-state index contributed by atoms with van der Waals surface area (Å²) < 4.78 is 6.56. The Bertz CT molecular complexity index is 2290. The van der Waals surface area contributed by atoms with Gasteiger partial charge in [-0.25, -0.2) is 9.97 Å². The van der Waals surface area contributed by atoms with Crippen molar-refractivity contribution in [2.45, 2.75) is 52.4 Å². The summed E-state index contributed by atoms with van der Waals surface area (Å²) in [5, 5.41) is 24.0. The van der Waals surface area contributed by atoms with Gasteiger partial charge < -0.3 is 14.6 Å². The fraction of sp³-hybridized carbons (Fsp3) is 0.190. The molecule has 3 heterocycles. The van der Waals surface area contributed by atoms with Crippen molar-refractivity contribution in [3.05, 3.63) is 120 Å². The van der Waals surface area contributed by atoms with Crippen molar-refractivity contribution >= 4 is 21.9 Å². The van der Waals surface area contributed by atoms with Crippen molar-refractivity contribution in [2.75, 3.05) is 0 Å². The topological polar surface area (TPSA) is 79.4 Å². The van der Waals surface area contributed by atoms with Gasteiger partial charge in [0.2, 0.25) is 0 Å². The number of phenols is 2. The summed E-state index contributed by atoms with van der Waals surface area (Å²) in [6.07, 6.45) is 0. The minimum atomic E-state index is -0.226. The maximum Gasteiger partial charge on any atom is 0.148 e. The molecule has 0 spiro atoms. The molecule has 0 aliphatic rings. The Hall–Kier alpha value is -4.73. The fourth-order valence-corrected chi connectivity index (χ4v) is 6.03. The molecule has 0 fully saturated rings. The Morgan fingerprint density at radius 2 is 1.08 bits per heavy atom. The first-order chi connectivity index (χ1) is 22.4. The number of aromatic hydroxyl groups is 2. The van der Waals surface area contributed by atoms with Crippen molar-refractivity contribution in [1.82, 2.24) is 9.97 Å². The summed E-state index contributed by atoms with van der Waals surface area (Å²) in [4.78, 5) is 10.2. The first kappa shape index (κ1) is 33.2. The molecule has 5 nitrogen and oxygen atoms in total. The van der Waals surface area contributed by atoms with E-state index in [-0.39, 0.29) is 43.4 Å². The monoisotopic (exact) mass is 813 g/mol. The van der Waals surface area contributed by atoms with Crippen molar-refractivity contribution in [1.29, 1.82) is 0 Å². The van der Waals surface area contributed by atoms with Gasteiger partial charge in [-0.2, -0.15) is 0 Å². The van der Waals surface area contributed by atoms with Crippen molar-refractivity contribution in [2.24, 2.45) is 0 Å². The van der Waals surface area contributed by atoms with E-state index in [4.69, 9.17) is 14.4 Å². The molecule has 0 radical (unpaired) electrons. The molecule has 48 heavy (non-hydrogen) atoms. The van der Waals surface area contributed by atoms with Crippen LogP contribution < -0.4 is 0 Å². The fourth-order valence-electron chi connectivity index (χ4n) is 6.03. The number of para-hydroxylation sites is 1. The predicted molar refractivity (Wildman–Crippen MR) is 192 cm³/mol. The first-order valence-corrected chi connectivity index (χ1v) is 15.9. The quantitative estimate of drug-likeness (QED) is 0.185. The minimum absolute atomic E-state index is 0. The van der Waals surface area contributed by atoms with E-state index in [0.29, 0.717) is 39.5 Å². The van der Waals surface area contributed by atoms with Gasteiger partial charge in [0, 0.05) is 37.4 Å². The van der Waals surface area contributed by atoms with Gasteiger partial charge in [-0.1, -0.05) is 90.1 Å². The number of furan rings is 1. The van der Waals surface area contributed by atoms with Gasteiger partial charge in [0.05, 0.1) is 28.3 Å². The number of benzene rings is 4. The van der Waals surface area contributed by atoms with E-state index in [1.165, 1.54) is 0 Å². The van der Waals surface area contributed by atoms with Crippen LogP contribution in [0.2, 0.25) is 0 Å². The van der Waals surface area contributed by atoms with Gasteiger partial charge in [0.1, 0.15) is 22.7 Å². The molecule has 244 valence electrons. The molecule has 0 saturated carbocycles. The Morgan fingerprint density at radius 1 is 0.521 bits per heavy atom. The molecular weight excluding hydrogens is 776 g/mol. The van der Waals surface area contributed by atoms with E-state index in [9.17, 15) is 10.2 Å². The van der Waals surface area contributed by atoms with Crippen molar-refractivity contribution in [3.8, 4) is 56.5 Å². The minimum Gasteiger partial charge on any atom is -0.507 e. The van der Waals surface area contributed by atoms with Gasteiger partial charge >= 0.3 is 0 Å². The number of aromatic nitrogens is 2. The largest absolute Gasteiger partial charge is 0.507 e. The summed E-state index contributed by atoms with van der Waals surface area (Å²) in [5.41, 5.74) is 9.04. The average molecular weight is 814 g/mol. The molecule has 0 amide bonds. The van der Waals surface area contributed by atoms with Crippen LogP contribution in [0.5, 0.6) is 11.5 Å². The number of phenolic OH excluding ortho intramolecular Hbond substituents is 2. The van der Waals surface area contributed by atoms with E-state index in [1.807, 2.05) is 54.6 Å². The van der Waals surface area contributed by atoms with Crippen LogP contribution in [0.4, 0.5) is 0 Å². The number of nitrogens with zero attached hydrogens (tertiary/aromatic N) is 2. The van der Waals surface area contributed by atoms with E-state index in [2.05, 4.69) is 84.0 Å². The van der Waals surface area contributed by atoms with Gasteiger partial charge in [-0.05, 0) is 93.7 Å². The van der Waals surface area contributed by atoms with Gasteiger partial charge in [-0.15, -0.1) is 0 Å². The summed E-state index contributed by atoms with van der Waals surface area (Å²) >= 11 is 0. The summed E-state index contributed by atoms with van der Waals surface area (Å²) in [7, 11) is 0. The van der Waals surface area contributed by atoms with Crippen LogP contribution in [0.1, 0.15) is 52.7 Å². The number of hydrogen-bond acceptors (Lipinski definition) is 5. The number of fused-ring (bicyclic) bond motifs is 3. The van der Waals surface area contributed by atoms with Crippen LogP contribution in [0.3, 0.4) is 0 Å². The van der Waals surface area contributed by atoms with Crippen LogP contribution in [-0.4, -0.2) is 20.2 Å². The SMILES string of the molecule is CC(C)(C)c1cc(-c2cc(C(C)(C)C)cc(-c3c(O)ccc4c3oc3cc(-c5ccccc5)ccc34)n2)nc(-c2ccccc2O)c1.[Pt]. The zero-order valence-electron chi connectivity index (χ0n) is 27.9. The molecule has 0 bridgehead atoms. The first-order valence-electron chi connectivity index (χ1n) is 15.9. The second-order valence-electron chi connectivity index (χ2n) is 14.3. The zero-order valence-corrected chi connectivity index (χ0v) is 30.2. The maximum absolute atomic E-state index is 11.4. The van der Waals surface area contributed by atoms with Crippen LogP contribution in [0.15, 0.2) is 114 Å².